The van der Waals surface area contributed by atoms with Gasteiger partial charge in [-0.25, -0.2) is 0 Å². The molecule has 2 aromatic rings. The zero-order valence-electron chi connectivity index (χ0n) is 8.11. The van der Waals surface area contributed by atoms with Crippen LogP contribution in [0.25, 0.3) is 11.1 Å². The van der Waals surface area contributed by atoms with E-state index >= 15 is 0 Å². The molecule has 2 rings (SSSR count). The van der Waals surface area contributed by atoms with Gasteiger partial charge in [0.1, 0.15) is 11.5 Å². The zero-order valence-corrected chi connectivity index (χ0v) is 12.4. The molecule has 0 aromatic heterocycles. The van der Waals surface area contributed by atoms with E-state index in [1.54, 1.807) is 12.1 Å². The van der Waals surface area contributed by atoms with Crippen LogP contribution in [-0.2, 0) is 0 Å². The number of phenolic OH excluding ortho intramolecular Hbond substituents is 2. The summed E-state index contributed by atoms with van der Waals surface area (Å²) < 4.78 is 1.64. The Morgan fingerprint density at radius 1 is 0.688 bits per heavy atom. The minimum absolute atomic E-state index is 0.290. The van der Waals surface area contributed by atoms with Crippen LogP contribution >= 0.6 is 45.2 Å². The van der Waals surface area contributed by atoms with Gasteiger partial charge in [0, 0.05) is 0 Å². The van der Waals surface area contributed by atoms with Gasteiger partial charge in [0.2, 0.25) is 0 Å². The summed E-state index contributed by atoms with van der Waals surface area (Å²) in [6, 6.07) is 10.9. The van der Waals surface area contributed by atoms with Crippen molar-refractivity contribution in [3.8, 4) is 22.6 Å². The Morgan fingerprint density at radius 2 is 1.06 bits per heavy atom. The molecule has 0 saturated heterocycles. The molecule has 2 N–H and O–H groups in total. The smallest absolute Gasteiger partial charge is 0.128 e. The Bertz CT molecular complexity index is 489. The van der Waals surface area contributed by atoms with Crippen molar-refractivity contribution in [1.29, 1.82) is 0 Å². The summed E-state index contributed by atoms with van der Waals surface area (Å²) in [6.07, 6.45) is 0. The normalized spacial score (nSPS) is 10.4. The number of benzene rings is 2. The fourth-order valence-corrected chi connectivity index (χ4v) is 2.40. The molecule has 0 spiro atoms. The van der Waals surface area contributed by atoms with E-state index in [1.165, 1.54) is 0 Å². The van der Waals surface area contributed by atoms with Crippen molar-refractivity contribution in [2.45, 2.75) is 0 Å². The number of aromatic hydroxyl groups is 2. The van der Waals surface area contributed by atoms with Crippen molar-refractivity contribution < 1.29 is 10.2 Å². The average Bonchev–Trinajstić information content (AvgIpc) is 2.26. The highest BCUT2D eigenvalue weighted by molar-refractivity contribution is 14.1. The molecule has 0 amide bonds. The van der Waals surface area contributed by atoms with Gasteiger partial charge < -0.3 is 10.2 Å². The van der Waals surface area contributed by atoms with E-state index in [-0.39, 0.29) is 11.5 Å². The third-order valence-electron chi connectivity index (χ3n) is 2.23. The van der Waals surface area contributed by atoms with Crippen molar-refractivity contribution in [2.24, 2.45) is 0 Å². The third kappa shape index (κ3) is 2.42. The maximum atomic E-state index is 9.44. The standard InChI is InChI=1S/C12H8I2O2/c13-9-5-7(1-3-11(9)15)8-2-4-12(16)10(14)6-8/h1-6,15-16H. The second-order valence-corrected chi connectivity index (χ2v) is 5.66. The van der Waals surface area contributed by atoms with Gasteiger partial charge in [-0.15, -0.1) is 0 Å². The van der Waals surface area contributed by atoms with Gasteiger partial charge in [0.15, 0.2) is 0 Å². The lowest BCUT2D eigenvalue weighted by Gasteiger charge is -2.05. The molecule has 0 heterocycles. The highest BCUT2D eigenvalue weighted by Gasteiger charge is 2.04. The van der Waals surface area contributed by atoms with Gasteiger partial charge in [0.05, 0.1) is 7.14 Å². The van der Waals surface area contributed by atoms with Gasteiger partial charge in [-0.2, -0.15) is 0 Å². The molecule has 2 aromatic carbocycles. The summed E-state index contributed by atoms with van der Waals surface area (Å²) >= 11 is 4.18. The van der Waals surface area contributed by atoms with Gasteiger partial charge in [-0.05, 0) is 80.6 Å². The highest BCUT2D eigenvalue weighted by Crippen LogP contribution is 2.30. The van der Waals surface area contributed by atoms with E-state index in [2.05, 4.69) is 45.2 Å². The van der Waals surface area contributed by atoms with Crippen molar-refractivity contribution in [2.75, 3.05) is 0 Å². The first-order valence-corrected chi connectivity index (χ1v) is 6.71. The minimum Gasteiger partial charge on any atom is -0.507 e. The molecule has 0 aliphatic carbocycles. The largest absolute Gasteiger partial charge is 0.507 e. The summed E-state index contributed by atoms with van der Waals surface area (Å²) in [5.74, 6) is 0.579. The molecular formula is C12H8I2O2. The molecule has 0 saturated carbocycles. The topological polar surface area (TPSA) is 40.5 Å². The first-order chi connectivity index (χ1) is 7.58. The molecule has 4 heteroatoms. The highest BCUT2D eigenvalue weighted by atomic mass is 127. The minimum atomic E-state index is 0.290. The van der Waals surface area contributed by atoms with Crippen LogP contribution in [0.2, 0.25) is 0 Å². The molecule has 0 unspecified atom stereocenters. The Kier molecular flexibility index (Phi) is 3.58. The van der Waals surface area contributed by atoms with E-state index in [0.29, 0.717) is 0 Å². The summed E-state index contributed by atoms with van der Waals surface area (Å²) in [4.78, 5) is 0. The summed E-state index contributed by atoms with van der Waals surface area (Å²) in [5, 5.41) is 18.9. The van der Waals surface area contributed by atoms with Crippen LogP contribution in [0, 0.1) is 7.14 Å². The number of hydrogen-bond acceptors (Lipinski definition) is 2. The Morgan fingerprint density at radius 3 is 1.38 bits per heavy atom. The molecule has 0 bridgehead atoms. The van der Waals surface area contributed by atoms with E-state index in [0.717, 1.165) is 18.3 Å². The lowest BCUT2D eigenvalue weighted by Crippen LogP contribution is -1.82. The van der Waals surface area contributed by atoms with Crippen LogP contribution in [0.4, 0.5) is 0 Å². The van der Waals surface area contributed by atoms with E-state index in [1.807, 2.05) is 24.3 Å². The van der Waals surface area contributed by atoms with Crippen LogP contribution in [0.1, 0.15) is 0 Å². The fourth-order valence-electron chi connectivity index (χ4n) is 1.37. The van der Waals surface area contributed by atoms with Gasteiger partial charge >= 0.3 is 0 Å². The summed E-state index contributed by atoms with van der Waals surface area (Å²) in [6.45, 7) is 0. The predicted octanol–water partition coefficient (Wildman–Crippen LogP) is 3.97. The van der Waals surface area contributed by atoms with Gasteiger partial charge in [0.25, 0.3) is 0 Å². The SMILES string of the molecule is Oc1ccc(-c2ccc(O)c(I)c2)cc1I. The van der Waals surface area contributed by atoms with Crippen LogP contribution in [-0.4, -0.2) is 10.2 Å². The monoisotopic (exact) mass is 438 g/mol. The van der Waals surface area contributed by atoms with E-state index < -0.39 is 0 Å². The fraction of sp³-hybridized carbons (Fsp3) is 0. The molecule has 0 atom stereocenters. The lowest BCUT2D eigenvalue weighted by atomic mass is 10.1. The van der Waals surface area contributed by atoms with Crippen molar-refractivity contribution in [3.63, 3.8) is 0 Å². The quantitative estimate of drug-likeness (QED) is 0.662. The third-order valence-corrected chi connectivity index (χ3v) is 3.96. The van der Waals surface area contributed by atoms with Crippen molar-refractivity contribution >= 4 is 45.2 Å². The Hall–Kier alpha value is -0.500. The predicted molar refractivity (Wildman–Crippen MR) is 80.6 cm³/mol. The van der Waals surface area contributed by atoms with Crippen LogP contribution < -0.4 is 0 Å². The number of halogens is 2. The average molecular weight is 438 g/mol. The molecule has 0 aliphatic rings. The molecule has 82 valence electrons. The zero-order chi connectivity index (χ0) is 11.7. The second kappa shape index (κ2) is 4.79. The first-order valence-electron chi connectivity index (χ1n) is 4.55. The molecule has 0 radical (unpaired) electrons. The van der Waals surface area contributed by atoms with E-state index in [9.17, 15) is 10.2 Å². The number of rotatable bonds is 1. The van der Waals surface area contributed by atoms with Crippen LogP contribution in [0.15, 0.2) is 36.4 Å². The molecular weight excluding hydrogens is 430 g/mol. The van der Waals surface area contributed by atoms with Gasteiger partial charge in [-0.3, -0.25) is 0 Å². The molecule has 2 nitrogen and oxygen atoms in total. The van der Waals surface area contributed by atoms with Gasteiger partial charge in [-0.1, -0.05) is 12.1 Å². The summed E-state index contributed by atoms with van der Waals surface area (Å²) in [5.41, 5.74) is 2.06. The maximum Gasteiger partial charge on any atom is 0.128 e. The van der Waals surface area contributed by atoms with Crippen LogP contribution in [0.5, 0.6) is 11.5 Å². The lowest BCUT2D eigenvalue weighted by molar-refractivity contribution is 0.470. The second-order valence-electron chi connectivity index (χ2n) is 3.33. The summed E-state index contributed by atoms with van der Waals surface area (Å²) in [7, 11) is 0. The van der Waals surface area contributed by atoms with Crippen molar-refractivity contribution in [3.05, 3.63) is 43.5 Å². The Balaban J connectivity index is 2.50. The first kappa shape index (κ1) is 12.0. The molecule has 0 fully saturated rings. The van der Waals surface area contributed by atoms with Crippen molar-refractivity contribution in [1.82, 2.24) is 0 Å². The van der Waals surface area contributed by atoms with Crippen LogP contribution in [0.3, 0.4) is 0 Å². The Labute approximate surface area is 121 Å². The molecule has 16 heavy (non-hydrogen) atoms. The molecule has 0 aliphatic heterocycles. The number of hydrogen-bond donors (Lipinski definition) is 2. The maximum absolute atomic E-state index is 9.44. The van der Waals surface area contributed by atoms with E-state index in [4.69, 9.17) is 0 Å². The number of phenols is 2.